The van der Waals surface area contributed by atoms with Crippen LogP contribution in [0.5, 0.6) is 11.5 Å². The van der Waals surface area contributed by atoms with Crippen LogP contribution >= 0.6 is 0 Å². The number of carbonyl (C=O) groups excluding carboxylic acids is 2. The summed E-state index contributed by atoms with van der Waals surface area (Å²) in [6.07, 6.45) is 3.42. The van der Waals surface area contributed by atoms with Crippen molar-refractivity contribution in [3.05, 3.63) is 71.8 Å². The molecule has 1 aliphatic heterocycles. The molecule has 2 aromatic rings. The largest absolute Gasteiger partial charge is 0.493 e. The van der Waals surface area contributed by atoms with Gasteiger partial charge in [-0.3, -0.25) is 9.69 Å². The van der Waals surface area contributed by atoms with Gasteiger partial charge in [0.15, 0.2) is 11.5 Å². The summed E-state index contributed by atoms with van der Waals surface area (Å²) in [7, 11) is 1.54. The van der Waals surface area contributed by atoms with E-state index in [-0.39, 0.29) is 13.2 Å². The van der Waals surface area contributed by atoms with Crippen LogP contribution in [-0.4, -0.2) is 48.3 Å². The fourth-order valence-electron chi connectivity index (χ4n) is 3.93. The number of imide groups is 1. The van der Waals surface area contributed by atoms with E-state index in [0.717, 1.165) is 23.3 Å². The number of nitrogens with one attached hydrogen (secondary N) is 1. The fraction of sp³-hybridized carbons (Fsp3) is 0.385. The molecule has 3 amide bonds. The lowest BCUT2D eigenvalue weighted by Crippen LogP contribution is -2.42. The number of nitrogens with zero attached hydrogens (tertiary/aromatic N) is 1. The van der Waals surface area contributed by atoms with E-state index in [9.17, 15) is 14.7 Å². The molecular weight excluding hydrogens is 420 g/mol. The van der Waals surface area contributed by atoms with Crippen LogP contribution in [0.1, 0.15) is 37.0 Å². The predicted molar refractivity (Wildman–Crippen MR) is 126 cm³/mol. The number of hydrogen-bond acceptors (Lipinski definition) is 5. The van der Waals surface area contributed by atoms with Crippen molar-refractivity contribution in [3.8, 4) is 11.5 Å². The molecule has 7 nitrogen and oxygen atoms in total. The second-order valence-corrected chi connectivity index (χ2v) is 8.36. The number of urea groups is 1. The summed E-state index contributed by atoms with van der Waals surface area (Å²) in [6, 6.07) is 12.6. The van der Waals surface area contributed by atoms with Gasteiger partial charge >= 0.3 is 6.03 Å². The topological polar surface area (TPSA) is 88.1 Å². The highest BCUT2D eigenvalue weighted by Crippen LogP contribution is 2.30. The van der Waals surface area contributed by atoms with Gasteiger partial charge in [0.05, 0.1) is 13.7 Å². The molecule has 0 bridgehead atoms. The predicted octanol–water partition coefficient (Wildman–Crippen LogP) is 3.58. The lowest BCUT2D eigenvalue weighted by molar-refractivity contribution is -0.132. The Balaban J connectivity index is 1.64. The van der Waals surface area contributed by atoms with Crippen LogP contribution in [0.25, 0.3) is 0 Å². The molecule has 0 radical (unpaired) electrons. The van der Waals surface area contributed by atoms with Crippen LogP contribution in [0.2, 0.25) is 0 Å². The molecule has 176 valence electrons. The van der Waals surface area contributed by atoms with E-state index in [2.05, 4.69) is 18.8 Å². The maximum absolute atomic E-state index is 13.1. The lowest BCUT2D eigenvalue weighted by Gasteiger charge is -2.23. The summed E-state index contributed by atoms with van der Waals surface area (Å²) in [5, 5.41) is 13.3. The first-order valence-electron chi connectivity index (χ1n) is 11.1. The van der Waals surface area contributed by atoms with Gasteiger partial charge in [0.2, 0.25) is 0 Å². The zero-order chi connectivity index (χ0) is 24.0. The minimum atomic E-state index is -1.17. The Bertz CT molecular complexity index is 1000. The van der Waals surface area contributed by atoms with Crippen LogP contribution in [0, 0.1) is 0 Å². The van der Waals surface area contributed by atoms with Crippen molar-refractivity contribution in [2.45, 2.75) is 44.8 Å². The van der Waals surface area contributed by atoms with E-state index in [0.29, 0.717) is 23.5 Å². The molecule has 3 rings (SSSR count). The van der Waals surface area contributed by atoms with E-state index in [4.69, 9.17) is 9.47 Å². The molecule has 0 saturated carbocycles. The number of amides is 3. The number of methoxy groups -OCH3 is 1. The van der Waals surface area contributed by atoms with Crippen molar-refractivity contribution in [3.63, 3.8) is 0 Å². The Morgan fingerprint density at radius 1 is 1.15 bits per heavy atom. The Hall–Kier alpha value is -3.32. The first-order chi connectivity index (χ1) is 15.8. The number of β-amino-alcohol motifs (C(OH)–C–C–N with tert-alkyl or cyclic N) is 1. The molecule has 2 atom stereocenters. The summed E-state index contributed by atoms with van der Waals surface area (Å²) in [5.41, 5.74) is 1.74. The molecule has 1 saturated heterocycles. The number of allylic oxidation sites excluding steroid dienone is 1. The number of aliphatic hydroxyl groups is 1. The van der Waals surface area contributed by atoms with Gasteiger partial charge in [0.25, 0.3) is 5.91 Å². The van der Waals surface area contributed by atoms with Gasteiger partial charge in [-0.25, -0.2) is 4.79 Å². The number of hydrogen-bond donors (Lipinski definition) is 2. The summed E-state index contributed by atoms with van der Waals surface area (Å²) < 4.78 is 11.1. The van der Waals surface area contributed by atoms with Crippen LogP contribution in [-0.2, 0) is 23.2 Å². The second-order valence-electron chi connectivity index (χ2n) is 8.36. The molecule has 1 fully saturated rings. The Morgan fingerprint density at radius 2 is 1.85 bits per heavy atom. The highest BCUT2D eigenvalue weighted by molar-refractivity contribution is 6.07. The lowest BCUT2D eigenvalue weighted by atomic mass is 9.91. The first kappa shape index (κ1) is 24.3. The maximum atomic E-state index is 13.1. The van der Waals surface area contributed by atoms with E-state index < -0.39 is 23.6 Å². The van der Waals surface area contributed by atoms with Gasteiger partial charge in [-0.15, -0.1) is 6.58 Å². The van der Waals surface area contributed by atoms with Gasteiger partial charge in [-0.05, 0) is 48.6 Å². The van der Waals surface area contributed by atoms with Gasteiger partial charge in [-0.2, -0.15) is 0 Å². The van der Waals surface area contributed by atoms with Gasteiger partial charge in [0.1, 0.15) is 18.2 Å². The smallest absolute Gasteiger partial charge is 0.325 e. The van der Waals surface area contributed by atoms with E-state index >= 15 is 0 Å². The first-order valence-corrected chi connectivity index (χ1v) is 11.1. The summed E-state index contributed by atoms with van der Waals surface area (Å²) >= 11 is 0. The summed E-state index contributed by atoms with van der Waals surface area (Å²) in [6.45, 7) is 7.24. The van der Waals surface area contributed by atoms with Gasteiger partial charge in [0, 0.05) is 0 Å². The Morgan fingerprint density at radius 3 is 2.48 bits per heavy atom. The van der Waals surface area contributed by atoms with Crippen molar-refractivity contribution in [2.75, 3.05) is 20.3 Å². The van der Waals surface area contributed by atoms with Crippen molar-refractivity contribution in [1.29, 1.82) is 0 Å². The molecule has 0 aliphatic carbocycles. The molecule has 0 spiro atoms. The zero-order valence-electron chi connectivity index (χ0n) is 19.5. The molecule has 1 heterocycles. The summed E-state index contributed by atoms with van der Waals surface area (Å²) in [4.78, 5) is 26.7. The average Bonchev–Trinajstić information content (AvgIpc) is 3.02. The van der Waals surface area contributed by atoms with Crippen molar-refractivity contribution < 1.29 is 24.2 Å². The molecule has 2 aromatic carbocycles. The highest BCUT2D eigenvalue weighted by Gasteiger charge is 2.49. The minimum Gasteiger partial charge on any atom is -0.493 e. The van der Waals surface area contributed by atoms with Gasteiger partial charge < -0.3 is 19.9 Å². The van der Waals surface area contributed by atoms with Crippen molar-refractivity contribution >= 4 is 11.9 Å². The molecule has 2 unspecified atom stereocenters. The highest BCUT2D eigenvalue weighted by atomic mass is 16.5. The zero-order valence-corrected chi connectivity index (χ0v) is 19.5. The molecule has 1 aliphatic rings. The molecular formula is C26H32N2O5. The third-order valence-corrected chi connectivity index (χ3v) is 5.78. The number of aryl methyl sites for hydroxylation is 1. The van der Waals surface area contributed by atoms with Crippen molar-refractivity contribution in [2.24, 2.45) is 0 Å². The Kier molecular flexibility index (Phi) is 7.76. The quantitative estimate of drug-likeness (QED) is 0.402. The molecule has 0 aromatic heterocycles. The molecule has 2 N–H and O–H groups in total. The third kappa shape index (κ3) is 5.37. The number of carbonyl (C=O) groups is 2. The molecule has 33 heavy (non-hydrogen) atoms. The van der Waals surface area contributed by atoms with Crippen LogP contribution in [0.4, 0.5) is 4.79 Å². The monoisotopic (exact) mass is 452 g/mol. The van der Waals surface area contributed by atoms with E-state index in [1.54, 1.807) is 26.2 Å². The number of ether oxygens (including phenoxy) is 2. The Labute approximate surface area is 195 Å². The fourth-order valence-corrected chi connectivity index (χ4v) is 3.93. The number of aliphatic hydroxyl groups excluding tert-OH is 1. The van der Waals surface area contributed by atoms with Crippen LogP contribution in [0.3, 0.4) is 0 Å². The normalized spacial score (nSPS) is 18.7. The van der Waals surface area contributed by atoms with Crippen LogP contribution < -0.4 is 14.8 Å². The van der Waals surface area contributed by atoms with Gasteiger partial charge in [-0.1, -0.05) is 49.8 Å². The average molecular weight is 453 g/mol. The van der Waals surface area contributed by atoms with Crippen LogP contribution in [0.15, 0.2) is 55.1 Å². The summed E-state index contributed by atoms with van der Waals surface area (Å²) in [5.74, 6) is 0.607. The maximum Gasteiger partial charge on any atom is 0.325 e. The SMILES string of the molecule is C=CCc1ccc(OCC(O)CN2C(=O)NC(C)(c3ccc(CCC)cc3)C2=O)c(OC)c1. The second kappa shape index (κ2) is 10.5. The van der Waals surface area contributed by atoms with E-state index in [1.807, 2.05) is 36.4 Å². The van der Waals surface area contributed by atoms with Crippen molar-refractivity contribution in [1.82, 2.24) is 10.2 Å². The molecule has 7 heteroatoms. The van der Waals surface area contributed by atoms with E-state index in [1.165, 1.54) is 5.56 Å². The minimum absolute atomic E-state index is 0.101. The standard InChI is InChI=1S/C26H32N2O5/c1-5-7-18-9-12-20(13-10-18)26(3)24(30)28(25(31)27-26)16-21(29)17-33-22-14-11-19(8-6-2)15-23(22)32-4/h6,9-15,21,29H,2,5,7-8,16-17H2,1,3-4H3,(H,27,31). The number of rotatable bonds is 11. The number of benzene rings is 2. The third-order valence-electron chi connectivity index (χ3n) is 5.78.